The van der Waals surface area contributed by atoms with Crippen LogP contribution in [0.3, 0.4) is 0 Å². The molecule has 1 aliphatic heterocycles. The van der Waals surface area contributed by atoms with E-state index < -0.39 is 5.92 Å². The fourth-order valence-corrected chi connectivity index (χ4v) is 4.82. The quantitative estimate of drug-likeness (QED) is 0.534. The number of methoxy groups -OCH3 is 1. The summed E-state index contributed by atoms with van der Waals surface area (Å²) in [5.74, 6) is 1.12. The number of hydrogen-bond acceptors (Lipinski definition) is 6. The molecular formula is C25H23ClN4O3. The molecule has 1 aliphatic carbocycles. The zero-order valence-corrected chi connectivity index (χ0v) is 18.9. The third kappa shape index (κ3) is 3.77. The van der Waals surface area contributed by atoms with Crippen LogP contribution in [0.1, 0.15) is 42.7 Å². The molecule has 1 saturated carbocycles. The van der Waals surface area contributed by atoms with E-state index in [4.69, 9.17) is 31.5 Å². The monoisotopic (exact) mass is 462 g/mol. The predicted molar refractivity (Wildman–Crippen MR) is 124 cm³/mol. The molecule has 2 aliphatic rings. The molecule has 0 unspecified atom stereocenters. The van der Waals surface area contributed by atoms with Gasteiger partial charge in [0.25, 0.3) is 0 Å². The summed E-state index contributed by atoms with van der Waals surface area (Å²) in [5, 5.41) is 17.9. The van der Waals surface area contributed by atoms with Crippen molar-refractivity contribution in [1.29, 1.82) is 5.26 Å². The molecule has 8 heteroatoms. The van der Waals surface area contributed by atoms with Crippen molar-refractivity contribution >= 4 is 11.6 Å². The number of nitrogens with two attached hydrogens (primary N) is 1. The standard InChI is InChI=1S/C25H23ClN4O3/c1-31-20-12-14(10-11-19(20)32-15-6-2-3-7-15)21-17(13-27)24(28)33-25-22(21)23(29-30-25)16-8-4-5-9-18(16)26/h4-5,8-12,15,21H,2-3,6-7,28H2,1H3,(H,29,30)/t21-/m1/s1. The molecule has 5 rings (SSSR count). The Labute approximate surface area is 196 Å². The minimum atomic E-state index is -0.516. The van der Waals surface area contributed by atoms with Crippen LogP contribution < -0.4 is 19.9 Å². The minimum Gasteiger partial charge on any atom is -0.493 e. The van der Waals surface area contributed by atoms with Crippen LogP contribution >= 0.6 is 11.6 Å². The second kappa shape index (κ2) is 8.72. The van der Waals surface area contributed by atoms with Crippen molar-refractivity contribution in [1.82, 2.24) is 10.2 Å². The number of allylic oxidation sites excluding steroid dienone is 1. The maximum Gasteiger partial charge on any atom is 0.244 e. The van der Waals surface area contributed by atoms with Crippen LogP contribution in [-0.2, 0) is 0 Å². The molecule has 1 atom stereocenters. The summed E-state index contributed by atoms with van der Waals surface area (Å²) in [5.41, 5.74) is 9.35. The van der Waals surface area contributed by atoms with Gasteiger partial charge in [0.05, 0.1) is 30.4 Å². The van der Waals surface area contributed by atoms with E-state index in [1.807, 2.05) is 36.4 Å². The Kier molecular flexibility index (Phi) is 5.61. The SMILES string of the molecule is COc1cc([C@@H]2C(C#N)=C(N)Oc3n[nH]c(-c4ccccc4Cl)c32)ccc1OC1CCCC1. The first-order valence-corrected chi connectivity index (χ1v) is 11.2. The zero-order chi connectivity index (χ0) is 22.9. The summed E-state index contributed by atoms with van der Waals surface area (Å²) in [6, 6.07) is 15.4. The lowest BCUT2D eigenvalue weighted by Crippen LogP contribution is -2.21. The first-order chi connectivity index (χ1) is 16.1. The number of halogens is 1. The van der Waals surface area contributed by atoms with Crippen molar-refractivity contribution in [3.05, 3.63) is 70.1 Å². The van der Waals surface area contributed by atoms with Crippen molar-refractivity contribution in [2.75, 3.05) is 7.11 Å². The van der Waals surface area contributed by atoms with Crippen LogP contribution in [0.4, 0.5) is 0 Å². The third-order valence-electron chi connectivity index (χ3n) is 6.20. The molecule has 7 nitrogen and oxygen atoms in total. The summed E-state index contributed by atoms with van der Waals surface area (Å²) >= 11 is 6.47. The number of fused-ring (bicyclic) bond motifs is 1. The molecule has 0 spiro atoms. The number of aromatic nitrogens is 2. The Morgan fingerprint density at radius 2 is 1.97 bits per heavy atom. The van der Waals surface area contributed by atoms with Gasteiger partial charge in [-0.1, -0.05) is 35.9 Å². The number of benzene rings is 2. The van der Waals surface area contributed by atoms with Crippen LogP contribution in [0.15, 0.2) is 53.9 Å². The summed E-state index contributed by atoms with van der Waals surface area (Å²) in [6.07, 6.45) is 4.64. The molecule has 0 bridgehead atoms. The van der Waals surface area contributed by atoms with Crippen molar-refractivity contribution in [3.8, 4) is 34.7 Å². The molecule has 2 aromatic carbocycles. The van der Waals surface area contributed by atoms with E-state index in [1.54, 1.807) is 13.2 Å². The Morgan fingerprint density at radius 3 is 2.70 bits per heavy atom. The predicted octanol–water partition coefficient (Wildman–Crippen LogP) is 5.28. The number of hydrogen-bond donors (Lipinski definition) is 2. The third-order valence-corrected chi connectivity index (χ3v) is 6.53. The Balaban J connectivity index is 1.63. The van der Waals surface area contributed by atoms with Crippen LogP contribution in [0, 0.1) is 11.3 Å². The molecule has 3 N–H and O–H groups in total. The zero-order valence-electron chi connectivity index (χ0n) is 18.1. The van der Waals surface area contributed by atoms with Gasteiger partial charge in [0, 0.05) is 10.6 Å². The van der Waals surface area contributed by atoms with Gasteiger partial charge < -0.3 is 19.9 Å². The fraction of sp³-hybridized carbons (Fsp3) is 0.280. The molecule has 3 aromatic rings. The van der Waals surface area contributed by atoms with Crippen molar-refractivity contribution in [2.24, 2.45) is 5.73 Å². The highest BCUT2D eigenvalue weighted by molar-refractivity contribution is 6.33. The smallest absolute Gasteiger partial charge is 0.244 e. The van der Waals surface area contributed by atoms with Crippen LogP contribution in [0.5, 0.6) is 17.4 Å². The van der Waals surface area contributed by atoms with Gasteiger partial charge in [0.1, 0.15) is 11.6 Å². The van der Waals surface area contributed by atoms with Gasteiger partial charge >= 0.3 is 0 Å². The fourth-order valence-electron chi connectivity index (χ4n) is 4.59. The second-order valence-electron chi connectivity index (χ2n) is 8.16. The maximum absolute atomic E-state index is 9.96. The highest BCUT2D eigenvalue weighted by Crippen LogP contribution is 2.48. The van der Waals surface area contributed by atoms with Gasteiger partial charge in [-0.3, -0.25) is 5.10 Å². The maximum atomic E-state index is 9.96. The molecule has 2 heterocycles. The second-order valence-corrected chi connectivity index (χ2v) is 8.56. The normalized spacial score (nSPS) is 17.9. The largest absolute Gasteiger partial charge is 0.493 e. The van der Waals surface area contributed by atoms with Gasteiger partial charge in [-0.2, -0.15) is 5.26 Å². The average molecular weight is 463 g/mol. The number of nitriles is 1. The van der Waals surface area contributed by atoms with E-state index in [0.29, 0.717) is 39.2 Å². The summed E-state index contributed by atoms with van der Waals surface area (Å²) in [7, 11) is 1.61. The number of aromatic amines is 1. The van der Waals surface area contributed by atoms with Gasteiger partial charge in [-0.15, -0.1) is 5.10 Å². The molecule has 1 fully saturated rings. The molecule has 168 valence electrons. The van der Waals surface area contributed by atoms with Crippen molar-refractivity contribution < 1.29 is 14.2 Å². The van der Waals surface area contributed by atoms with E-state index in [1.165, 1.54) is 12.8 Å². The number of nitrogens with one attached hydrogen (secondary N) is 1. The lowest BCUT2D eigenvalue weighted by atomic mass is 9.83. The summed E-state index contributed by atoms with van der Waals surface area (Å²) in [6.45, 7) is 0. The molecule has 0 saturated heterocycles. The van der Waals surface area contributed by atoms with Gasteiger partial charge in [0.2, 0.25) is 11.8 Å². The van der Waals surface area contributed by atoms with E-state index in [2.05, 4.69) is 16.3 Å². The van der Waals surface area contributed by atoms with Gasteiger partial charge in [-0.05, 0) is 49.4 Å². The van der Waals surface area contributed by atoms with Gasteiger partial charge in [-0.25, -0.2) is 0 Å². The minimum absolute atomic E-state index is 0.0254. The highest BCUT2D eigenvalue weighted by Gasteiger charge is 2.36. The number of nitrogens with zero attached hydrogens (tertiary/aromatic N) is 2. The molecule has 33 heavy (non-hydrogen) atoms. The van der Waals surface area contributed by atoms with Crippen molar-refractivity contribution in [3.63, 3.8) is 0 Å². The van der Waals surface area contributed by atoms with E-state index in [0.717, 1.165) is 24.0 Å². The Morgan fingerprint density at radius 1 is 1.18 bits per heavy atom. The lowest BCUT2D eigenvalue weighted by molar-refractivity contribution is 0.200. The average Bonchev–Trinajstić information content (AvgIpc) is 3.49. The summed E-state index contributed by atoms with van der Waals surface area (Å²) < 4.78 is 17.5. The first-order valence-electron chi connectivity index (χ1n) is 10.9. The lowest BCUT2D eigenvalue weighted by Gasteiger charge is -2.25. The first kappa shape index (κ1) is 21.2. The highest BCUT2D eigenvalue weighted by atomic mass is 35.5. The number of ether oxygens (including phenoxy) is 3. The van der Waals surface area contributed by atoms with Gasteiger partial charge in [0.15, 0.2) is 11.5 Å². The van der Waals surface area contributed by atoms with E-state index in [9.17, 15) is 5.26 Å². The topological polar surface area (TPSA) is 106 Å². The van der Waals surface area contributed by atoms with E-state index >= 15 is 0 Å². The molecule has 1 aromatic heterocycles. The molecular weight excluding hydrogens is 440 g/mol. The summed E-state index contributed by atoms with van der Waals surface area (Å²) in [4.78, 5) is 0. The van der Waals surface area contributed by atoms with Crippen LogP contribution in [0.2, 0.25) is 5.02 Å². The van der Waals surface area contributed by atoms with Crippen LogP contribution in [-0.4, -0.2) is 23.4 Å². The Bertz CT molecular complexity index is 1270. The van der Waals surface area contributed by atoms with E-state index in [-0.39, 0.29) is 12.0 Å². The number of rotatable bonds is 5. The van der Waals surface area contributed by atoms with Crippen LogP contribution in [0.25, 0.3) is 11.3 Å². The molecule has 0 amide bonds. The molecule has 0 radical (unpaired) electrons. The van der Waals surface area contributed by atoms with Crippen molar-refractivity contribution in [2.45, 2.75) is 37.7 Å². The Hall–Kier alpha value is -3.63. The number of H-pyrrole nitrogens is 1.